The number of nitrogen functional groups attached to an aromatic ring is 1. The van der Waals surface area contributed by atoms with Gasteiger partial charge in [0.25, 0.3) is 0 Å². The van der Waals surface area contributed by atoms with Gasteiger partial charge in [0.15, 0.2) is 5.82 Å². The van der Waals surface area contributed by atoms with Crippen molar-refractivity contribution in [2.75, 3.05) is 17.3 Å². The van der Waals surface area contributed by atoms with Crippen molar-refractivity contribution in [3.8, 4) is 0 Å². The zero-order chi connectivity index (χ0) is 8.97. The smallest absolute Gasteiger partial charge is 0.239 e. The molecule has 0 spiro atoms. The standard InChI is InChI=1S/C6H10ClN5/c1-2-9-5-4(7)3-10-6(11-5)12-8/h3H,2,8H2,1H3,(H2,9,10,11,12). The van der Waals surface area contributed by atoms with Crippen LogP contribution in [0.4, 0.5) is 11.8 Å². The second kappa shape index (κ2) is 4.08. The first-order valence-electron chi connectivity index (χ1n) is 3.51. The summed E-state index contributed by atoms with van der Waals surface area (Å²) in [4.78, 5) is 7.81. The van der Waals surface area contributed by atoms with Gasteiger partial charge in [0.1, 0.15) is 5.02 Å². The molecule has 0 fully saturated rings. The number of nitrogens with zero attached hydrogens (tertiary/aromatic N) is 2. The van der Waals surface area contributed by atoms with Gasteiger partial charge in [-0.05, 0) is 6.92 Å². The molecule has 0 aliphatic heterocycles. The SMILES string of the molecule is CCNc1nc(NN)ncc1Cl. The van der Waals surface area contributed by atoms with Crippen molar-refractivity contribution in [1.82, 2.24) is 9.97 Å². The quantitative estimate of drug-likeness (QED) is 0.483. The molecule has 4 N–H and O–H groups in total. The molecule has 66 valence electrons. The van der Waals surface area contributed by atoms with Crippen LogP contribution in [0.15, 0.2) is 6.20 Å². The molecule has 12 heavy (non-hydrogen) atoms. The molecule has 0 bridgehead atoms. The molecule has 0 aromatic carbocycles. The summed E-state index contributed by atoms with van der Waals surface area (Å²) < 4.78 is 0. The first kappa shape index (κ1) is 9.02. The number of hydrogen-bond donors (Lipinski definition) is 3. The summed E-state index contributed by atoms with van der Waals surface area (Å²) >= 11 is 5.78. The first-order valence-corrected chi connectivity index (χ1v) is 3.88. The van der Waals surface area contributed by atoms with E-state index in [4.69, 9.17) is 17.4 Å². The molecule has 0 amide bonds. The Morgan fingerprint density at radius 1 is 1.67 bits per heavy atom. The van der Waals surface area contributed by atoms with Gasteiger partial charge in [-0.2, -0.15) is 4.98 Å². The summed E-state index contributed by atoms with van der Waals surface area (Å²) in [7, 11) is 0. The summed E-state index contributed by atoms with van der Waals surface area (Å²) in [6, 6.07) is 0. The Balaban J connectivity index is 2.91. The molecule has 0 aliphatic rings. The van der Waals surface area contributed by atoms with E-state index in [0.717, 1.165) is 6.54 Å². The molecule has 0 aliphatic carbocycles. The lowest BCUT2D eigenvalue weighted by atomic mass is 10.5. The third-order valence-corrected chi connectivity index (χ3v) is 1.49. The number of hydrogen-bond acceptors (Lipinski definition) is 5. The van der Waals surface area contributed by atoms with Gasteiger partial charge >= 0.3 is 0 Å². The van der Waals surface area contributed by atoms with E-state index in [1.54, 1.807) is 0 Å². The first-order chi connectivity index (χ1) is 5.77. The van der Waals surface area contributed by atoms with E-state index in [9.17, 15) is 0 Å². The van der Waals surface area contributed by atoms with Crippen LogP contribution in [0, 0.1) is 0 Å². The van der Waals surface area contributed by atoms with Gasteiger partial charge in [-0.15, -0.1) is 0 Å². The van der Waals surface area contributed by atoms with Gasteiger partial charge in [-0.1, -0.05) is 11.6 Å². The minimum atomic E-state index is 0.343. The van der Waals surface area contributed by atoms with E-state index in [1.165, 1.54) is 6.20 Å². The monoisotopic (exact) mass is 187 g/mol. The van der Waals surface area contributed by atoms with Crippen LogP contribution < -0.4 is 16.6 Å². The molecule has 1 aromatic heterocycles. The third-order valence-electron chi connectivity index (χ3n) is 1.22. The minimum Gasteiger partial charge on any atom is -0.369 e. The summed E-state index contributed by atoms with van der Waals surface area (Å²) in [5.74, 6) is 6.05. The van der Waals surface area contributed by atoms with Crippen molar-refractivity contribution in [1.29, 1.82) is 0 Å². The Kier molecular flexibility index (Phi) is 3.07. The van der Waals surface area contributed by atoms with Crippen molar-refractivity contribution in [2.24, 2.45) is 5.84 Å². The van der Waals surface area contributed by atoms with Crippen molar-refractivity contribution in [3.05, 3.63) is 11.2 Å². The maximum absolute atomic E-state index is 5.78. The normalized spacial score (nSPS) is 9.58. The highest BCUT2D eigenvalue weighted by Crippen LogP contribution is 2.18. The highest BCUT2D eigenvalue weighted by atomic mass is 35.5. The van der Waals surface area contributed by atoms with Gasteiger partial charge in [0, 0.05) is 6.54 Å². The molecule has 0 atom stereocenters. The molecule has 0 saturated carbocycles. The fourth-order valence-electron chi connectivity index (χ4n) is 0.728. The van der Waals surface area contributed by atoms with Crippen LogP contribution in [-0.2, 0) is 0 Å². The van der Waals surface area contributed by atoms with Gasteiger partial charge in [0.2, 0.25) is 5.95 Å². The second-order valence-corrected chi connectivity index (χ2v) is 2.47. The lowest BCUT2D eigenvalue weighted by molar-refractivity contribution is 1.09. The predicted octanol–water partition coefficient (Wildman–Crippen LogP) is 0.847. The number of aromatic nitrogens is 2. The van der Waals surface area contributed by atoms with Crippen molar-refractivity contribution in [3.63, 3.8) is 0 Å². The van der Waals surface area contributed by atoms with Crippen molar-refractivity contribution < 1.29 is 0 Å². The molecule has 5 nitrogen and oxygen atoms in total. The largest absolute Gasteiger partial charge is 0.369 e. The average molecular weight is 188 g/mol. The average Bonchev–Trinajstić information content (AvgIpc) is 2.09. The fourth-order valence-corrected chi connectivity index (χ4v) is 0.886. The van der Waals surface area contributed by atoms with Crippen LogP contribution in [-0.4, -0.2) is 16.5 Å². The fraction of sp³-hybridized carbons (Fsp3) is 0.333. The minimum absolute atomic E-state index is 0.343. The molecule has 0 unspecified atom stereocenters. The Morgan fingerprint density at radius 3 is 3.00 bits per heavy atom. The van der Waals surface area contributed by atoms with Crippen LogP contribution >= 0.6 is 11.6 Å². The Hall–Kier alpha value is -1.07. The molecular weight excluding hydrogens is 178 g/mol. The van der Waals surface area contributed by atoms with Crippen LogP contribution in [0.5, 0.6) is 0 Å². The summed E-state index contributed by atoms with van der Waals surface area (Å²) in [5.41, 5.74) is 2.33. The van der Waals surface area contributed by atoms with Gasteiger partial charge in [-0.3, -0.25) is 5.43 Å². The van der Waals surface area contributed by atoms with E-state index < -0.39 is 0 Å². The Labute approximate surface area is 75.3 Å². The van der Waals surface area contributed by atoms with Gasteiger partial charge in [0.05, 0.1) is 6.20 Å². The predicted molar refractivity (Wildman–Crippen MR) is 49.0 cm³/mol. The van der Waals surface area contributed by atoms with E-state index >= 15 is 0 Å². The van der Waals surface area contributed by atoms with Crippen LogP contribution in [0.3, 0.4) is 0 Å². The summed E-state index contributed by atoms with van der Waals surface area (Å²) in [6.07, 6.45) is 1.49. The second-order valence-electron chi connectivity index (χ2n) is 2.06. The van der Waals surface area contributed by atoms with Crippen LogP contribution in [0.25, 0.3) is 0 Å². The third kappa shape index (κ3) is 1.96. The number of nitrogens with two attached hydrogens (primary N) is 1. The van der Waals surface area contributed by atoms with Gasteiger partial charge in [-0.25, -0.2) is 10.8 Å². The molecular formula is C6H10ClN5. The highest BCUT2D eigenvalue weighted by Gasteiger charge is 2.01. The number of anilines is 2. The van der Waals surface area contributed by atoms with E-state index in [1.807, 2.05) is 6.92 Å². The van der Waals surface area contributed by atoms with E-state index in [2.05, 4.69) is 20.7 Å². The number of halogens is 1. The summed E-state index contributed by atoms with van der Waals surface area (Å²) in [5, 5.41) is 3.45. The van der Waals surface area contributed by atoms with E-state index in [0.29, 0.717) is 16.8 Å². The molecule has 1 aromatic rings. The Morgan fingerprint density at radius 2 is 2.42 bits per heavy atom. The molecule has 1 heterocycles. The molecule has 6 heteroatoms. The lowest BCUT2D eigenvalue weighted by Crippen LogP contribution is -2.11. The molecule has 1 rings (SSSR count). The Bertz CT molecular complexity index is 264. The van der Waals surface area contributed by atoms with Crippen LogP contribution in [0.2, 0.25) is 5.02 Å². The van der Waals surface area contributed by atoms with E-state index in [-0.39, 0.29) is 0 Å². The molecule has 0 radical (unpaired) electrons. The number of nitrogens with one attached hydrogen (secondary N) is 2. The van der Waals surface area contributed by atoms with Crippen LogP contribution in [0.1, 0.15) is 6.92 Å². The zero-order valence-corrected chi connectivity index (χ0v) is 7.39. The van der Waals surface area contributed by atoms with Crippen molar-refractivity contribution in [2.45, 2.75) is 6.92 Å². The number of rotatable bonds is 3. The lowest BCUT2D eigenvalue weighted by Gasteiger charge is -2.05. The topological polar surface area (TPSA) is 75.9 Å². The number of hydrazine groups is 1. The molecule has 0 saturated heterocycles. The highest BCUT2D eigenvalue weighted by molar-refractivity contribution is 6.32. The van der Waals surface area contributed by atoms with Gasteiger partial charge < -0.3 is 5.32 Å². The maximum atomic E-state index is 5.78. The summed E-state index contributed by atoms with van der Waals surface area (Å²) in [6.45, 7) is 2.70. The maximum Gasteiger partial charge on any atom is 0.239 e. The zero-order valence-electron chi connectivity index (χ0n) is 6.63. The van der Waals surface area contributed by atoms with Crippen molar-refractivity contribution >= 4 is 23.4 Å².